The summed E-state index contributed by atoms with van der Waals surface area (Å²) in [6.07, 6.45) is 6.55. The van der Waals surface area contributed by atoms with E-state index in [1.807, 2.05) is 12.1 Å². The molecule has 0 amide bonds. The smallest absolute Gasteiger partial charge is 0.123 e. The van der Waals surface area contributed by atoms with Gasteiger partial charge in [-0.25, -0.2) is 0 Å². The van der Waals surface area contributed by atoms with Crippen LogP contribution in [0.15, 0.2) is 60.7 Å². The maximum Gasteiger partial charge on any atom is 0.123 e. The fourth-order valence-electron chi connectivity index (χ4n) is 6.61. The summed E-state index contributed by atoms with van der Waals surface area (Å²) in [5.41, 5.74) is 4.88. The molecule has 3 aromatic carbocycles. The Hall–Kier alpha value is -3.10. The molecule has 0 aliphatic carbocycles. The van der Waals surface area contributed by atoms with Gasteiger partial charge in [-0.15, -0.1) is 11.3 Å². The predicted molar refractivity (Wildman–Crippen MR) is 171 cm³/mol. The number of hydrogen-bond donors (Lipinski definition) is 2. The number of nitrogens with zero attached hydrogens (tertiary/aromatic N) is 2. The minimum atomic E-state index is 0.250. The second-order valence-corrected chi connectivity index (χ2v) is 12.7. The van der Waals surface area contributed by atoms with Crippen LogP contribution >= 0.6 is 11.3 Å². The Morgan fingerprint density at radius 2 is 1.79 bits per heavy atom. The zero-order valence-corrected chi connectivity index (χ0v) is 25.4. The minimum absolute atomic E-state index is 0.250. The van der Waals surface area contributed by atoms with E-state index in [2.05, 4.69) is 52.3 Å². The van der Waals surface area contributed by atoms with Crippen molar-refractivity contribution in [3.63, 3.8) is 0 Å². The average molecular weight is 587 g/mol. The molecule has 2 aliphatic rings. The van der Waals surface area contributed by atoms with Crippen LogP contribution < -0.4 is 9.47 Å². The van der Waals surface area contributed by atoms with Crippen molar-refractivity contribution in [1.82, 2.24) is 9.80 Å². The van der Waals surface area contributed by atoms with Crippen LogP contribution in [0, 0.1) is 0 Å². The number of phenols is 1. The summed E-state index contributed by atoms with van der Waals surface area (Å²) in [5, 5.41) is 20.7. The zero-order chi connectivity index (χ0) is 28.9. The third-order valence-electron chi connectivity index (χ3n) is 8.83. The Bertz CT molecular complexity index is 1480. The maximum absolute atomic E-state index is 10.2. The second-order valence-electron chi connectivity index (χ2n) is 11.6. The number of ether oxygens (including phenoxy) is 2. The van der Waals surface area contributed by atoms with Crippen LogP contribution in [0.5, 0.6) is 17.2 Å². The number of phenolic OH excluding ortho intramolecular Hbond substituents is 1. The Morgan fingerprint density at radius 1 is 0.952 bits per heavy atom. The number of aliphatic hydroxyl groups excluding tert-OH is 1. The van der Waals surface area contributed by atoms with E-state index >= 15 is 0 Å². The van der Waals surface area contributed by atoms with Crippen molar-refractivity contribution in [2.24, 2.45) is 0 Å². The summed E-state index contributed by atoms with van der Waals surface area (Å²) in [5.74, 6) is 2.12. The molecule has 3 heterocycles. The van der Waals surface area contributed by atoms with Gasteiger partial charge in [-0.2, -0.15) is 0 Å². The average Bonchev–Trinajstić information content (AvgIpc) is 3.76. The van der Waals surface area contributed by atoms with Gasteiger partial charge in [0.15, 0.2) is 0 Å². The Labute approximate surface area is 253 Å². The normalized spacial score (nSPS) is 17.8. The second kappa shape index (κ2) is 13.5. The summed E-state index contributed by atoms with van der Waals surface area (Å²) >= 11 is 1.72. The fraction of sp³-hybridized carbons (Fsp3) is 0.429. The largest absolute Gasteiger partial charge is 0.508 e. The SMILES string of the molecule is COc1cc(Cc2c(-c3ccc(OCCN4CCC[C@H]4CCO)cc3)sc3cc(O)ccc23)ccc1CN1CCCC1. The highest BCUT2D eigenvalue weighted by Crippen LogP contribution is 2.42. The summed E-state index contributed by atoms with van der Waals surface area (Å²) in [7, 11) is 1.77. The molecule has 7 heteroatoms. The number of benzene rings is 3. The van der Waals surface area contributed by atoms with E-state index in [9.17, 15) is 10.2 Å². The first-order valence-electron chi connectivity index (χ1n) is 15.3. The standard InChI is InChI=1S/C35H42N2O4S/c1-40-33-22-25(6-7-27(33)24-36-15-2-3-16-36)21-32-31-13-10-29(39)23-34(31)42-35(32)26-8-11-30(12-9-26)41-20-18-37-17-4-5-28(37)14-19-38/h6-13,22-23,28,38-39H,2-5,14-21,24H2,1H3/t28-/m0/s1. The van der Waals surface area contributed by atoms with E-state index in [1.54, 1.807) is 24.5 Å². The lowest BCUT2D eigenvalue weighted by Crippen LogP contribution is -2.33. The van der Waals surface area contributed by atoms with E-state index < -0.39 is 0 Å². The molecule has 2 fully saturated rings. The first kappa shape index (κ1) is 29.0. The van der Waals surface area contributed by atoms with Crippen LogP contribution in [-0.4, -0.2) is 72.6 Å². The zero-order valence-electron chi connectivity index (χ0n) is 24.6. The molecule has 2 N–H and O–H groups in total. The molecule has 4 aromatic rings. The Kier molecular flexibility index (Phi) is 9.30. The van der Waals surface area contributed by atoms with E-state index in [1.165, 1.54) is 52.6 Å². The number of methoxy groups -OCH3 is 1. The predicted octanol–water partition coefficient (Wildman–Crippen LogP) is 6.69. The first-order valence-corrected chi connectivity index (χ1v) is 16.1. The van der Waals surface area contributed by atoms with E-state index in [0.717, 1.165) is 67.3 Å². The number of aliphatic hydroxyl groups is 1. The first-order chi connectivity index (χ1) is 20.6. The van der Waals surface area contributed by atoms with Crippen molar-refractivity contribution < 1.29 is 19.7 Å². The van der Waals surface area contributed by atoms with Crippen LogP contribution in [-0.2, 0) is 13.0 Å². The van der Waals surface area contributed by atoms with Gasteiger partial charge in [0.05, 0.1) is 7.11 Å². The lowest BCUT2D eigenvalue weighted by atomic mass is 9.97. The number of aromatic hydroxyl groups is 1. The molecule has 6 nitrogen and oxygen atoms in total. The summed E-state index contributed by atoms with van der Waals surface area (Å²) < 4.78 is 13.0. The number of fused-ring (bicyclic) bond motifs is 1. The molecule has 1 atom stereocenters. The maximum atomic E-state index is 10.2. The summed E-state index contributed by atoms with van der Waals surface area (Å²) in [6, 6.07) is 21.3. The van der Waals surface area contributed by atoms with Crippen molar-refractivity contribution >= 4 is 21.4 Å². The highest BCUT2D eigenvalue weighted by atomic mass is 32.1. The Balaban J connectivity index is 1.20. The molecule has 6 rings (SSSR count). The van der Waals surface area contributed by atoms with Crippen molar-refractivity contribution in [2.75, 3.05) is 46.5 Å². The molecule has 2 aliphatic heterocycles. The van der Waals surface area contributed by atoms with Crippen LogP contribution in [0.4, 0.5) is 0 Å². The van der Waals surface area contributed by atoms with Crippen LogP contribution in [0.25, 0.3) is 20.5 Å². The lowest BCUT2D eigenvalue weighted by molar-refractivity contribution is 0.167. The van der Waals surface area contributed by atoms with Crippen LogP contribution in [0.2, 0.25) is 0 Å². The minimum Gasteiger partial charge on any atom is -0.508 e. The van der Waals surface area contributed by atoms with Gasteiger partial charge in [-0.05, 0) is 129 Å². The fourth-order valence-corrected chi connectivity index (χ4v) is 7.87. The molecule has 0 spiro atoms. The van der Waals surface area contributed by atoms with Gasteiger partial charge in [0, 0.05) is 40.9 Å². The van der Waals surface area contributed by atoms with E-state index in [0.29, 0.717) is 12.6 Å². The molecular weight excluding hydrogens is 544 g/mol. The monoisotopic (exact) mass is 586 g/mol. The Morgan fingerprint density at radius 3 is 2.57 bits per heavy atom. The topological polar surface area (TPSA) is 65.4 Å². The molecule has 1 aromatic heterocycles. The van der Waals surface area contributed by atoms with Gasteiger partial charge in [-0.1, -0.05) is 12.1 Å². The van der Waals surface area contributed by atoms with Crippen LogP contribution in [0.3, 0.4) is 0 Å². The van der Waals surface area contributed by atoms with Gasteiger partial charge in [0.1, 0.15) is 23.9 Å². The van der Waals surface area contributed by atoms with Crippen molar-refractivity contribution in [3.8, 4) is 27.7 Å². The molecular formula is C35H42N2O4S. The highest BCUT2D eigenvalue weighted by Gasteiger charge is 2.23. The van der Waals surface area contributed by atoms with Crippen molar-refractivity contribution in [3.05, 3.63) is 77.4 Å². The summed E-state index contributed by atoms with van der Waals surface area (Å²) in [6.45, 7) is 6.13. The number of thiophene rings is 1. The molecule has 0 unspecified atom stereocenters. The lowest BCUT2D eigenvalue weighted by Gasteiger charge is -2.23. The molecule has 0 saturated carbocycles. The number of rotatable bonds is 12. The van der Waals surface area contributed by atoms with Gasteiger partial charge < -0.3 is 19.7 Å². The van der Waals surface area contributed by atoms with E-state index in [4.69, 9.17) is 9.47 Å². The number of likely N-dealkylation sites (tertiary alicyclic amines) is 2. The highest BCUT2D eigenvalue weighted by molar-refractivity contribution is 7.22. The van der Waals surface area contributed by atoms with Crippen LogP contribution in [0.1, 0.15) is 48.8 Å². The van der Waals surface area contributed by atoms with Gasteiger partial charge in [-0.3, -0.25) is 9.80 Å². The van der Waals surface area contributed by atoms with Gasteiger partial charge >= 0.3 is 0 Å². The molecule has 2 saturated heterocycles. The molecule has 0 bridgehead atoms. The summed E-state index contributed by atoms with van der Waals surface area (Å²) in [4.78, 5) is 6.16. The third-order valence-corrected chi connectivity index (χ3v) is 10.1. The number of hydrogen-bond acceptors (Lipinski definition) is 7. The van der Waals surface area contributed by atoms with Crippen molar-refractivity contribution in [1.29, 1.82) is 0 Å². The van der Waals surface area contributed by atoms with Gasteiger partial charge in [0.25, 0.3) is 0 Å². The molecule has 222 valence electrons. The quantitative estimate of drug-likeness (QED) is 0.193. The third kappa shape index (κ3) is 6.60. The molecule has 0 radical (unpaired) electrons. The molecule has 42 heavy (non-hydrogen) atoms. The van der Waals surface area contributed by atoms with Gasteiger partial charge in [0.2, 0.25) is 0 Å². The van der Waals surface area contributed by atoms with E-state index in [-0.39, 0.29) is 12.4 Å². The van der Waals surface area contributed by atoms with Crippen molar-refractivity contribution in [2.45, 2.75) is 51.1 Å².